The smallest absolute Gasteiger partial charge is 0.275 e. The number of aromatic nitrogens is 3. The standard InChI is InChI=1S/C29H24FN5O3/c1-19-7-6-10-22(31-19)13-11-20-12-14-26-25(15-20)34(2)29(37)24(18-38-26)32-28(36)27-23(30)17-35(33-27)16-21-8-4-3-5-9-21/h3-10,12,14-15,17,24H,16,18H2,1-2H3,(H,32,36). The van der Waals surface area contributed by atoms with Gasteiger partial charge in [-0.15, -0.1) is 0 Å². The third-order valence-corrected chi connectivity index (χ3v) is 6.00. The van der Waals surface area contributed by atoms with Crippen LogP contribution in [0.2, 0.25) is 0 Å². The summed E-state index contributed by atoms with van der Waals surface area (Å²) in [4.78, 5) is 31.8. The predicted molar refractivity (Wildman–Crippen MR) is 139 cm³/mol. The first-order valence-corrected chi connectivity index (χ1v) is 12.0. The first-order chi connectivity index (χ1) is 18.4. The number of anilines is 1. The number of fused-ring (bicyclic) bond motifs is 1. The Balaban J connectivity index is 1.30. The molecule has 5 rings (SSSR count). The van der Waals surface area contributed by atoms with Gasteiger partial charge in [0.25, 0.3) is 11.8 Å². The molecule has 4 aromatic rings. The van der Waals surface area contributed by atoms with Crippen molar-refractivity contribution in [3.63, 3.8) is 0 Å². The van der Waals surface area contributed by atoms with Gasteiger partial charge in [0.1, 0.15) is 24.1 Å². The van der Waals surface area contributed by atoms with E-state index in [1.807, 2.05) is 55.5 Å². The minimum Gasteiger partial charge on any atom is -0.489 e. The number of halogens is 1. The number of benzene rings is 2. The summed E-state index contributed by atoms with van der Waals surface area (Å²) < 4.78 is 21.7. The third kappa shape index (κ3) is 5.39. The van der Waals surface area contributed by atoms with Crippen molar-refractivity contribution >= 4 is 17.5 Å². The number of nitrogens with one attached hydrogen (secondary N) is 1. The zero-order chi connectivity index (χ0) is 26.6. The lowest BCUT2D eigenvalue weighted by atomic mass is 10.1. The Morgan fingerprint density at radius 1 is 1.13 bits per heavy atom. The van der Waals surface area contributed by atoms with Crippen molar-refractivity contribution in [1.29, 1.82) is 0 Å². The number of amides is 2. The first kappa shape index (κ1) is 24.7. The molecule has 0 radical (unpaired) electrons. The minimum absolute atomic E-state index is 0.119. The van der Waals surface area contributed by atoms with Crippen LogP contribution in [0.3, 0.4) is 0 Å². The Hall–Kier alpha value is -4.97. The van der Waals surface area contributed by atoms with Gasteiger partial charge >= 0.3 is 0 Å². The molecule has 0 fully saturated rings. The Morgan fingerprint density at radius 2 is 1.95 bits per heavy atom. The Labute approximate surface area is 219 Å². The van der Waals surface area contributed by atoms with Crippen molar-refractivity contribution in [2.75, 3.05) is 18.6 Å². The van der Waals surface area contributed by atoms with Crippen LogP contribution in [0, 0.1) is 24.6 Å². The number of carbonyl (C=O) groups excluding carboxylic acids is 2. The van der Waals surface area contributed by atoms with Crippen molar-refractivity contribution in [3.05, 3.63) is 107 Å². The van der Waals surface area contributed by atoms with Crippen LogP contribution < -0.4 is 15.0 Å². The fourth-order valence-electron chi connectivity index (χ4n) is 4.06. The van der Waals surface area contributed by atoms with Crippen LogP contribution in [0.25, 0.3) is 0 Å². The van der Waals surface area contributed by atoms with E-state index in [-0.39, 0.29) is 12.3 Å². The van der Waals surface area contributed by atoms with Gasteiger partial charge in [-0.2, -0.15) is 5.10 Å². The van der Waals surface area contributed by atoms with E-state index in [9.17, 15) is 14.0 Å². The van der Waals surface area contributed by atoms with Gasteiger partial charge in [-0.3, -0.25) is 14.3 Å². The summed E-state index contributed by atoms with van der Waals surface area (Å²) >= 11 is 0. The highest BCUT2D eigenvalue weighted by Gasteiger charge is 2.32. The maximum Gasteiger partial charge on any atom is 0.275 e. The number of aryl methyl sites for hydroxylation is 1. The van der Waals surface area contributed by atoms with Gasteiger partial charge in [0.2, 0.25) is 0 Å². The predicted octanol–water partition coefficient (Wildman–Crippen LogP) is 3.33. The fourth-order valence-corrected chi connectivity index (χ4v) is 4.06. The summed E-state index contributed by atoms with van der Waals surface area (Å²) in [6, 6.07) is 19.2. The monoisotopic (exact) mass is 509 g/mol. The van der Waals surface area contributed by atoms with Gasteiger partial charge < -0.3 is 15.0 Å². The molecule has 1 atom stereocenters. The van der Waals surface area contributed by atoms with E-state index in [0.29, 0.717) is 29.2 Å². The average Bonchev–Trinajstić information content (AvgIpc) is 3.24. The number of hydrogen-bond donors (Lipinski definition) is 1. The number of rotatable bonds is 4. The number of pyridine rings is 1. The van der Waals surface area contributed by atoms with Gasteiger partial charge in [-0.1, -0.05) is 42.3 Å². The number of ether oxygens (including phenoxy) is 1. The lowest BCUT2D eigenvalue weighted by Crippen LogP contribution is -2.49. The van der Waals surface area contributed by atoms with Crippen LogP contribution in [0.4, 0.5) is 10.1 Å². The van der Waals surface area contributed by atoms with Crippen molar-refractivity contribution < 1.29 is 18.7 Å². The first-order valence-electron chi connectivity index (χ1n) is 12.0. The third-order valence-electron chi connectivity index (χ3n) is 6.00. The fraction of sp³-hybridized carbons (Fsp3) is 0.172. The zero-order valence-electron chi connectivity index (χ0n) is 20.8. The van der Waals surface area contributed by atoms with Crippen molar-refractivity contribution in [1.82, 2.24) is 20.1 Å². The van der Waals surface area contributed by atoms with E-state index < -0.39 is 23.7 Å². The highest BCUT2D eigenvalue weighted by molar-refractivity contribution is 6.03. The van der Waals surface area contributed by atoms with E-state index >= 15 is 0 Å². The molecule has 1 N–H and O–H groups in total. The van der Waals surface area contributed by atoms with Crippen LogP contribution in [-0.2, 0) is 11.3 Å². The van der Waals surface area contributed by atoms with E-state index in [1.165, 1.54) is 9.58 Å². The summed E-state index contributed by atoms with van der Waals surface area (Å²) in [6.45, 7) is 2.08. The van der Waals surface area contributed by atoms with Gasteiger partial charge in [0, 0.05) is 18.3 Å². The molecule has 1 unspecified atom stereocenters. The summed E-state index contributed by atoms with van der Waals surface area (Å²) in [5, 5.41) is 6.65. The van der Waals surface area contributed by atoms with Gasteiger partial charge in [0.15, 0.2) is 11.5 Å². The van der Waals surface area contributed by atoms with E-state index in [1.54, 1.807) is 25.2 Å². The second kappa shape index (κ2) is 10.6. The SMILES string of the molecule is Cc1cccc(C#Cc2ccc3c(c2)N(C)C(=O)C(NC(=O)c2nn(Cc4ccccc4)cc2F)CO3)n1. The molecule has 3 heterocycles. The molecular formula is C29H24FN5O3. The van der Waals surface area contributed by atoms with Crippen LogP contribution >= 0.6 is 0 Å². The molecule has 0 aliphatic carbocycles. The molecule has 0 saturated carbocycles. The van der Waals surface area contributed by atoms with E-state index in [2.05, 4.69) is 27.2 Å². The molecule has 0 spiro atoms. The molecule has 8 nitrogen and oxygen atoms in total. The summed E-state index contributed by atoms with van der Waals surface area (Å²) in [7, 11) is 1.59. The van der Waals surface area contributed by atoms with Gasteiger partial charge in [-0.25, -0.2) is 9.37 Å². The minimum atomic E-state index is -1.04. The molecule has 38 heavy (non-hydrogen) atoms. The number of carbonyl (C=O) groups is 2. The van der Waals surface area contributed by atoms with Gasteiger partial charge in [-0.05, 0) is 48.7 Å². The summed E-state index contributed by atoms with van der Waals surface area (Å²) in [5.41, 5.74) is 3.21. The number of nitrogens with zero attached hydrogens (tertiary/aromatic N) is 4. The molecular weight excluding hydrogens is 485 g/mol. The Kier molecular flexibility index (Phi) is 6.87. The Bertz CT molecular complexity index is 1570. The molecule has 9 heteroatoms. The molecule has 2 amide bonds. The van der Waals surface area contributed by atoms with Gasteiger partial charge in [0.05, 0.1) is 18.4 Å². The molecule has 0 bridgehead atoms. The zero-order valence-corrected chi connectivity index (χ0v) is 20.8. The quantitative estimate of drug-likeness (QED) is 0.427. The highest BCUT2D eigenvalue weighted by atomic mass is 19.1. The lowest BCUT2D eigenvalue weighted by Gasteiger charge is -2.20. The van der Waals surface area contributed by atoms with E-state index in [4.69, 9.17) is 4.74 Å². The van der Waals surface area contributed by atoms with Crippen molar-refractivity contribution in [2.24, 2.45) is 0 Å². The molecule has 2 aromatic carbocycles. The largest absolute Gasteiger partial charge is 0.489 e. The topological polar surface area (TPSA) is 89.4 Å². The maximum atomic E-state index is 14.6. The van der Waals surface area contributed by atoms with Crippen molar-refractivity contribution in [3.8, 4) is 17.6 Å². The van der Waals surface area contributed by atoms with Crippen LogP contribution in [-0.4, -0.2) is 46.3 Å². The van der Waals surface area contributed by atoms with Crippen molar-refractivity contribution in [2.45, 2.75) is 19.5 Å². The maximum absolute atomic E-state index is 14.6. The number of hydrogen-bond acceptors (Lipinski definition) is 5. The average molecular weight is 510 g/mol. The molecule has 2 aromatic heterocycles. The second-order valence-electron chi connectivity index (χ2n) is 8.84. The van der Waals surface area contributed by atoms with E-state index in [0.717, 1.165) is 17.5 Å². The Morgan fingerprint density at radius 3 is 2.74 bits per heavy atom. The lowest BCUT2D eigenvalue weighted by molar-refractivity contribution is -0.120. The molecule has 190 valence electrons. The van der Waals surface area contributed by atoms with Crippen LogP contribution in [0.1, 0.15) is 33.0 Å². The second-order valence-corrected chi connectivity index (χ2v) is 8.84. The normalized spacial score (nSPS) is 14.6. The summed E-state index contributed by atoms with van der Waals surface area (Å²) in [5.74, 6) is 4.56. The van der Waals surface area contributed by atoms with Crippen LogP contribution in [0.15, 0.2) is 72.9 Å². The van der Waals surface area contributed by atoms with Crippen LogP contribution in [0.5, 0.6) is 5.75 Å². The highest BCUT2D eigenvalue weighted by Crippen LogP contribution is 2.31. The molecule has 1 aliphatic rings. The number of likely N-dealkylation sites (N-methyl/N-ethyl adjacent to an activating group) is 1. The molecule has 0 saturated heterocycles. The summed E-state index contributed by atoms with van der Waals surface area (Å²) in [6.07, 6.45) is 1.16. The molecule has 1 aliphatic heterocycles.